The molecule has 10 rings (SSSR count). The lowest BCUT2D eigenvalue weighted by atomic mass is 9.98. The minimum absolute atomic E-state index is 0.222. The molecule has 406 valence electrons. The van der Waals surface area contributed by atoms with E-state index in [4.69, 9.17) is 0 Å². The van der Waals surface area contributed by atoms with E-state index in [1.54, 1.807) is 6.20 Å². The van der Waals surface area contributed by atoms with Crippen molar-refractivity contribution in [3.05, 3.63) is 184 Å². The number of hydrogen-bond acceptors (Lipinski definition) is 0. The molecule has 0 fully saturated rings. The number of H-pyrrole nitrogens is 1. The molecule has 10 aromatic rings. The van der Waals surface area contributed by atoms with E-state index in [-0.39, 0.29) is 21.5 Å². The highest BCUT2D eigenvalue weighted by Gasteiger charge is 2.40. The van der Waals surface area contributed by atoms with Crippen molar-refractivity contribution in [3.8, 4) is 22.5 Å². The number of halogens is 21. The van der Waals surface area contributed by atoms with Gasteiger partial charge in [0.25, 0.3) is 0 Å². The molecule has 0 radical (unpaired) electrons. The van der Waals surface area contributed by atoms with Gasteiger partial charge in [-0.05, 0) is 109 Å². The SMILES string of the molecule is C/C=C\c1c[nH]c2cc(C(F)(F)F)ccc12.FC(F)(F)c1ccc2c3ccc(C(F)(F)F)cc3n(-c3cc(-c4ccc(C(F)(F)F)c(-n5c6cc(C(F)(F)F)ccc6c6ccc(C(F)(F)F)cc65)c4)ccc3C(F)(F)F)c2c1. The molecule has 78 heavy (non-hydrogen) atoms. The van der Waals surface area contributed by atoms with Crippen LogP contribution in [0.2, 0.25) is 0 Å². The maximum atomic E-state index is 14.8. The molecule has 0 spiro atoms. The zero-order valence-electron chi connectivity index (χ0n) is 38.7. The molecule has 0 aliphatic carbocycles. The number of aromatic amines is 1. The summed E-state index contributed by atoms with van der Waals surface area (Å²) in [5.41, 5.74) is -13.8. The summed E-state index contributed by atoms with van der Waals surface area (Å²) in [5.74, 6) is 0. The van der Waals surface area contributed by atoms with Gasteiger partial charge in [-0.2, -0.15) is 92.2 Å². The van der Waals surface area contributed by atoms with E-state index >= 15 is 0 Å². The average Bonchev–Trinajstić information content (AvgIpc) is 4.23. The number of nitrogens with zero attached hydrogens (tertiary/aromatic N) is 2. The van der Waals surface area contributed by atoms with Crippen LogP contribution < -0.4 is 0 Å². The van der Waals surface area contributed by atoms with Crippen LogP contribution in [-0.2, 0) is 43.2 Å². The predicted molar refractivity (Wildman–Crippen MR) is 249 cm³/mol. The van der Waals surface area contributed by atoms with Gasteiger partial charge in [0.05, 0.1) is 72.4 Å². The molecule has 0 saturated heterocycles. The smallest absolute Gasteiger partial charge is 0.361 e. The molecule has 0 atom stereocenters. The van der Waals surface area contributed by atoms with E-state index in [9.17, 15) is 92.2 Å². The maximum Gasteiger partial charge on any atom is 0.418 e. The normalized spacial score (nSPS) is 13.5. The molecule has 0 aliphatic heterocycles. The largest absolute Gasteiger partial charge is 0.418 e. The molecule has 0 bridgehead atoms. The van der Waals surface area contributed by atoms with Crippen molar-refractivity contribution >= 4 is 60.6 Å². The number of allylic oxidation sites excluding steroid dienone is 1. The topological polar surface area (TPSA) is 25.6 Å². The van der Waals surface area contributed by atoms with Crippen LogP contribution in [0.1, 0.15) is 51.4 Å². The fourth-order valence-electron chi connectivity index (χ4n) is 9.18. The van der Waals surface area contributed by atoms with Crippen molar-refractivity contribution < 1.29 is 92.2 Å². The summed E-state index contributed by atoms with van der Waals surface area (Å²) in [7, 11) is 0. The molecule has 0 aliphatic rings. The molecule has 3 heterocycles. The second kappa shape index (κ2) is 18.6. The number of hydrogen-bond donors (Lipinski definition) is 1. The maximum absolute atomic E-state index is 14.8. The van der Waals surface area contributed by atoms with Crippen molar-refractivity contribution in [2.45, 2.75) is 50.2 Å². The first-order valence-electron chi connectivity index (χ1n) is 22.3. The molecule has 0 amide bonds. The summed E-state index contributed by atoms with van der Waals surface area (Å²) in [4.78, 5) is 2.83. The van der Waals surface area contributed by atoms with Crippen LogP contribution in [0, 0.1) is 0 Å². The summed E-state index contributed by atoms with van der Waals surface area (Å²) >= 11 is 0. The molecule has 1 N–H and O–H groups in total. The minimum Gasteiger partial charge on any atom is -0.361 e. The van der Waals surface area contributed by atoms with Gasteiger partial charge in [-0.1, -0.05) is 54.6 Å². The Morgan fingerprint density at radius 3 is 0.910 bits per heavy atom. The van der Waals surface area contributed by atoms with Crippen molar-refractivity contribution in [1.82, 2.24) is 14.1 Å². The van der Waals surface area contributed by atoms with Gasteiger partial charge in [0.1, 0.15) is 0 Å². The number of fused-ring (bicyclic) bond motifs is 7. The third kappa shape index (κ3) is 10.2. The highest BCUT2D eigenvalue weighted by molar-refractivity contribution is 6.11. The van der Waals surface area contributed by atoms with Crippen LogP contribution in [-0.4, -0.2) is 14.1 Å². The van der Waals surface area contributed by atoms with Gasteiger partial charge in [0.15, 0.2) is 0 Å². The first-order chi connectivity index (χ1) is 36.1. The number of alkyl halides is 21. The molecular weight excluding hydrogens is 1090 g/mol. The van der Waals surface area contributed by atoms with Crippen molar-refractivity contribution in [1.29, 1.82) is 0 Å². The van der Waals surface area contributed by atoms with E-state index in [1.165, 1.54) is 6.07 Å². The lowest BCUT2D eigenvalue weighted by molar-refractivity contribution is -0.138. The van der Waals surface area contributed by atoms with Gasteiger partial charge in [0, 0.05) is 38.6 Å². The summed E-state index contributed by atoms with van der Waals surface area (Å²) in [5, 5.41) is -0.0920. The van der Waals surface area contributed by atoms with Crippen molar-refractivity contribution in [3.63, 3.8) is 0 Å². The first-order valence-corrected chi connectivity index (χ1v) is 22.3. The molecule has 3 nitrogen and oxygen atoms in total. The van der Waals surface area contributed by atoms with E-state index in [1.807, 2.05) is 19.1 Å². The van der Waals surface area contributed by atoms with Crippen molar-refractivity contribution in [2.75, 3.05) is 0 Å². The quantitative estimate of drug-likeness (QED) is 0.170. The third-order valence-electron chi connectivity index (χ3n) is 12.7. The summed E-state index contributed by atoms with van der Waals surface area (Å²) in [6.45, 7) is 1.86. The lowest BCUT2D eigenvalue weighted by Crippen LogP contribution is -2.13. The Bertz CT molecular complexity index is 3640. The van der Waals surface area contributed by atoms with Crippen LogP contribution >= 0.6 is 0 Å². The van der Waals surface area contributed by atoms with Gasteiger partial charge >= 0.3 is 43.2 Å². The Balaban J connectivity index is 0.000000394. The summed E-state index contributed by atoms with van der Waals surface area (Å²) in [6.07, 6.45) is -30.1. The molecule has 0 unspecified atom stereocenters. The monoisotopic (exact) mass is 1120 g/mol. The van der Waals surface area contributed by atoms with Crippen LogP contribution in [0.15, 0.2) is 140 Å². The number of nitrogens with one attached hydrogen (secondary N) is 1. The Labute approximate surface area is 423 Å². The fourth-order valence-corrected chi connectivity index (χ4v) is 9.18. The molecule has 3 aromatic heterocycles. The van der Waals surface area contributed by atoms with E-state index in [2.05, 4.69) is 4.98 Å². The molecule has 0 saturated carbocycles. The Kier molecular flexibility index (Phi) is 13.0. The second-order valence-electron chi connectivity index (χ2n) is 17.6. The second-order valence-corrected chi connectivity index (χ2v) is 17.6. The van der Waals surface area contributed by atoms with E-state index in [0.717, 1.165) is 47.3 Å². The van der Waals surface area contributed by atoms with Crippen LogP contribution in [0.5, 0.6) is 0 Å². The number of rotatable bonds is 4. The highest BCUT2D eigenvalue weighted by Crippen LogP contribution is 2.47. The van der Waals surface area contributed by atoms with Gasteiger partial charge in [0.2, 0.25) is 0 Å². The molecule has 7 aromatic carbocycles. The Hall–Kier alpha value is -8.05. The fraction of sp³-hybridized carbons (Fsp3) is 0.148. The van der Waals surface area contributed by atoms with Gasteiger partial charge < -0.3 is 14.1 Å². The first kappa shape index (κ1) is 54.7. The Morgan fingerprint density at radius 2 is 0.628 bits per heavy atom. The van der Waals surface area contributed by atoms with Crippen molar-refractivity contribution in [2.24, 2.45) is 0 Å². The van der Waals surface area contributed by atoms with E-state index < -0.39 is 127 Å². The predicted octanol–water partition coefficient (Wildman–Crippen LogP) is 19.9. The number of aromatic nitrogens is 3. The standard InChI is InChI=1S/C42H18F18N2.C12H10F3N/c43-37(44,45)21-3-7-25-26-8-4-22(38(46,47)48)16-32(26)61(31(25)15-21)35-13-19(1-11-29(35)41(55,56)57)20-2-12-30(42(58,59)60)36(14-20)62-33-17-23(39(49,50)51)5-9-27(33)28-10-6-24(18-34(28)62)40(52,53)54;1-2-3-8-7-16-11-6-9(12(13,14)15)4-5-10(8)11/h1-18H;2-7,16H,1H3/b;3-2-. The van der Waals surface area contributed by atoms with Crippen LogP contribution in [0.4, 0.5) is 92.2 Å². The van der Waals surface area contributed by atoms with Crippen LogP contribution in [0.3, 0.4) is 0 Å². The van der Waals surface area contributed by atoms with E-state index in [0.29, 0.717) is 99.6 Å². The van der Waals surface area contributed by atoms with Gasteiger partial charge in [-0.3, -0.25) is 0 Å². The van der Waals surface area contributed by atoms with Gasteiger partial charge in [-0.15, -0.1) is 0 Å². The van der Waals surface area contributed by atoms with Crippen LogP contribution in [0.25, 0.3) is 83.1 Å². The minimum atomic E-state index is -5.37. The lowest BCUT2D eigenvalue weighted by Gasteiger charge is -2.20. The highest BCUT2D eigenvalue weighted by atomic mass is 19.4. The molecule has 24 heteroatoms. The molecular formula is C54H28F21N3. The summed E-state index contributed by atoms with van der Waals surface area (Å²) < 4.78 is 295. The third-order valence-corrected chi connectivity index (χ3v) is 12.7. The zero-order valence-corrected chi connectivity index (χ0v) is 38.7. The van der Waals surface area contributed by atoms with Gasteiger partial charge in [-0.25, -0.2) is 0 Å². The zero-order chi connectivity index (χ0) is 57.0. The summed E-state index contributed by atoms with van der Waals surface area (Å²) in [6, 6.07) is 14.3. The number of benzene rings is 7. The Morgan fingerprint density at radius 1 is 0.333 bits per heavy atom. The average molecular weight is 1120 g/mol.